The van der Waals surface area contributed by atoms with Crippen LogP contribution in [0.15, 0.2) is 30.3 Å². The Labute approximate surface area is 196 Å². The first-order valence-electron chi connectivity index (χ1n) is 11.2. The maximum Gasteiger partial charge on any atom is 0.408 e. The van der Waals surface area contributed by atoms with Crippen molar-refractivity contribution in [3.05, 3.63) is 35.9 Å². The predicted molar refractivity (Wildman–Crippen MR) is 124 cm³/mol. The molecule has 1 aromatic rings. The number of nitrogens with one attached hydrogen (secondary N) is 3. The Balaban J connectivity index is 2.89. The average molecular weight is 464 g/mol. The molecule has 0 fully saturated rings. The van der Waals surface area contributed by atoms with Crippen LogP contribution in [0.3, 0.4) is 0 Å². The topological polar surface area (TPSA) is 123 Å². The number of ether oxygens (including phenoxy) is 2. The summed E-state index contributed by atoms with van der Waals surface area (Å²) in [6.07, 6.45) is -0.125. The highest BCUT2D eigenvalue weighted by Gasteiger charge is 2.28. The summed E-state index contributed by atoms with van der Waals surface area (Å²) < 4.78 is 10.2. The van der Waals surface area contributed by atoms with Crippen molar-refractivity contribution in [1.82, 2.24) is 16.0 Å². The van der Waals surface area contributed by atoms with E-state index in [1.165, 1.54) is 0 Å². The molecule has 1 aromatic carbocycles. The monoisotopic (exact) mass is 463 g/mol. The fourth-order valence-electron chi connectivity index (χ4n) is 2.97. The molecular weight excluding hydrogens is 426 g/mol. The van der Waals surface area contributed by atoms with Crippen LogP contribution in [0.2, 0.25) is 0 Å². The molecule has 0 bridgehead atoms. The minimum atomic E-state index is -0.954. The van der Waals surface area contributed by atoms with E-state index < -0.39 is 41.6 Å². The summed E-state index contributed by atoms with van der Waals surface area (Å²) >= 11 is 0. The number of hydrogen-bond acceptors (Lipinski definition) is 6. The Morgan fingerprint density at radius 1 is 0.970 bits per heavy atom. The number of alkyl carbamates (subject to hydrolysis) is 1. The summed E-state index contributed by atoms with van der Waals surface area (Å²) in [5.74, 6) is -1.45. The standard InChI is InChI=1S/C24H37N3O6/c1-7-32-22(30)19(13-16(2)3)27-21(29)18(14-17-11-9-8-10-12-17)26-20(28)15-25-23(31)33-24(4,5)6/h8-12,16,18-19H,7,13-15H2,1-6H3,(H,25,31)(H,26,28)(H,27,29)/t18-,19-/m1/s1. The van der Waals surface area contributed by atoms with Gasteiger partial charge in [0.05, 0.1) is 6.61 Å². The molecule has 0 heterocycles. The van der Waals surface area contributed by atoms with Crippen molar-refractivity contribution in [2.45, 2.75) is 72.1 Å². The van der Waals surface area contributed by atoms with Crippen LogP contribution in [0.4, 0.5) is 4.79 Å². The second-order valence-corrected chi connectivity index (χ2v) is 9.11. The van der Waals surface area contributed by atoms with Crippen molar-refractivity contribution in [2.75, 3.05) is 13.2 Å². The van der Waals surface area contributed by atoms with E-state index in [9.17, 15) is 19.2 Å². The third-order valence-corrected chi connectivity index (χ3v) is 4.32. The maximum atomic E-state index is 13.1. The maximum absolute atomic E-state index is 13.1. The van der Waals surface area contributed by atoms with E-state index in [1.807, 2.05) is 44.2 Å². The highest BCUT2D eigenvalue weighted by molar-refractivity contribution is 5.92. The average Bonchev–Trinajstić information content (AvgIpc) is 2.70. The summed E-state index contributed by atoms with van der Waals surface area (Å²) in [4.78, 5) is 49.7. The lowest BCUT2D eigenvalue weighted by Gasteiger charge is -2.24. The molecule has 0 aromatic heterocycles. The van der Waals surface area contributed by atoms with Crippen molar-refractivity contribution in [3.8, 4) is 0 Å². The van der Waals surface area contributed by atoms with Crippen LogP contribution in [0.5, 0.6) is 0 Å². The van der Waals surface area contributed by atoms with Crippen LogP contribution >= 0.6 is 0 Å². The minimum Gasteiger partial charge on any atom is -0.464 e. The fourth-order valence-corrected chi connectivity index (χ4v) is 2.97. The first kappa shape index (κ1) is 27.9. The van der Waals surface area contributed by atoms with Crippen LogP contribution in [0, 0.1) is 5.92 Å². The van der Waals surface area contributed by atoms with Crippen LogP contribution in [-0.2, 0) is 30.3 Å². The number of carbonyl (C=O) groups excluding carboxylic acids is 4. The van der Waals surface area contributed by atoms with Crippen molar-refractivity contribution >= 4 is 23.9 Å². The lowest BCUT2D eigenvalue weighted by molar-refractivity contribution is -0.148. The number of hydrogen-bond donors (Lipinski definition) is 3. The Morgan fingerprint density at radius 3 is 2.15 bits per heavy atom. The Kier molecular flexibility index (Phi) is 11.4. The summed E-state index contributed by atoms with van der Waals surface area (Å²) in [5, 5.41) is 7.72. The van der Waals surface area contributed by atoms with E-state index in [0.717, 1.165) is 5.56 Å². The molecule has 0 saturated carbocycles. The van der Waals surface area contributed by atoms with Gasteiger partial charge in [-0.2, -0.15) is 0 Å². The Morgan fingerprint density at radius 2 is 1.61 bits per heavy atom. The van der Waals surface area contributed by atoms with E-state index in [2.05, 4.69) is 16.0 Å². The molecule has 33 heavy (non-hydrogen) atoms. The van der Waals surface area contributed by atoms with Gasteiger partial charge in [-0.05, 0) is 45.6 Å². The number of amides is 3. The number of rotatable bonds is 11. The lowest BCUT2D eigenvalue weighted by atomic mass is 10.0. The van der Waals surface area contributed by atoms with Gasteiger partial charge in [-0.25, -0.2) is 9.59 Å². The van der Waals surface area contributed by atoms with Gasteiger partial charge in [0.15, 0.2) is 0 Å². The van der Waals surface area contributed by atoms with Gasteiger partial charge in [0, 0.05) is 6.42 Å². The van der Waals surface area contributed by atoms with Gasteiger partial charge < -0.3 is 25.4 Å². The van der Waals surface area contributed by atoms with E-state index >= 15 is 0 Å². The van der Waals surface area contributed by atoms with Crippen molar-refractivity contribution in [3.63, 3.8) is 0 Å². The Hall–Kier alpha value is -3.10. The first-order chi connectivity index (χ1) is 15.4. The van der Waals surface area contributed by atoms with E-state index in [0.29, 0.717) is 6.42 Å². The third-order valence-electron chi connectivity index (χ3n) is 4.32. The molecule has 184 valence electrons. The molecule has 1 rings (SSSR count). The molecule has 0 spiro atoms. The summed E-state index contributed by atoms with van der Waals surface area (Å²) in [5.41, 5.74) is 0.129. The molecule has 9 heteroatoms. The van der Waals surface area contributed by atoms with E-state index in [4.69, 9.17) is 9.47 Å². The number of carbonyl (C=O) groups is 4. The SMILES string of the molecule is CCOC(=O)[C@@H](CC(C)C)NC(=O)[C@@H](Cc1ccccc1)NC(=O)CNC(=O)OC(C)(C)C. The predicted octanol–water partition coefficient (Wildman–Crippen LogP) is 2.33. The van der Waals surface area contributed by atoms with Gasteiger partial charge in [0.25, 0.3) is 0 Å². The smallest absolute Gasteiger partial charge is 0.408 e. The quantitative estimate of drug-likeness (QED) is 0.433. The van der Waals surface area contributed by atoms with Crippen molar-refractivity contribution < 1.29 is 28.7 Å². The number of benzene rings is 1. The molecule has 0 radical (unpaired) electrons. The highest BCUT2D eigenvalue weighted by atomic mass is 16.6. The zero-order valence-electron chi connectivity index (χ0n) is 20.4. The van der Waals surface area contributed by atoms with Gasteiger partial charge in [0.2, 0.25) is 11.8 Å². The first-order valence-corrected chi connectivity index (χ1v) is 11.2. The second kappa shape index (κ2) is 13.4. The summed E-state index contributed by atoms with van der Waals surface area (Å²) in [6, 6.07) is 7.40. The lowest BCUT2D eigenvalue weighted by Crippen LogP contribution is -2.54. The molecule has 0 aliphatic carbocycles. The third kappa shape index (κ3) is 11.9. The fraction of sp³-hybridized carbons (Fsp3) is 0.583. The van der Waals surface area contributed by atoms with Crippen LogP contribution in [0.1, 0.15) is 53.5 Å². The van der Waals surface area contributed by atoms with Crippen LogP contribution in [-0.4, -0.2) is 54.7 Å². The van der Waals surface area contributed by atoms with Crippen molar-refractivity contribution in [1.29, 1.82) is 0 Å². The van der Waals surface area contributed by atoms with Gasteiger partial charge >= 0.3 is 12.1 Å². The van der Waals surface area contributed by atoms with Gasteiger partial charge in [-0.15, -0.1) is 0 Å². The second-order valence-electron chi connectivity index (χ2n) is 9.11. The zero-order valence-corrected chi connectivity index (χ0v) is 20.4. The van der Waals surface area contributed by atoms with E-state index in [1.54, 1.807) is 27.7 Å². The minimum absolute atomic E-state index is 0.139. The number of esters is 1. The summed E-state index contributed by atoms with van der Waals surface area (Å²) in [6.45, 7) is 10.5. The normalized spacial score (nSPS) is 12.9. The van der Waals surface area contributed by atoms with Gasteiger partial charge in [0.1, 0.15) is 24.2 Å². The zero-order chi connectivity index (χ0) is 25.0. The molecular formula is C24H37N3O6. The largest absolute Gasteiger partial charge is 0.464 e. The molecule has 0 unspecified atom stereocenters. The molecule has 0 aliphatic rings. The van der Waals surface area contributed by atoms with Crippen LogP contribution < -0.4 is 16.0 Å². The molecule has 0 saturated heterocycles. The van der Waals surface area contributed by atoms with Crippen molar-refractivity contribution in [2.24, 2.45) is 5.92 Å². The molecule has 3 amide bonds. The molecule has 9 nitrogen and oxygen atoms in total. The molecule has 3 N–H and O–H groups in total. The molecule has 0 aliphatic heterocycles. The summed E-state index contributed by atoms with van der Waals surface area (Å²) in [7, 11) is 0. The van der Waals surface area contributed by atoms with Crippen LogP contribution in [0.25, 0.3) is 0 Å². The highest BCUT2D eigenvalue weighted by Crippen LogP contribution is 2.09. The Bertz CT molecular complexity index is 789. The van der Waals surface area contributed by atoms with E-state index in [-0.39, 0.29) is 25.5 Å². The van der Waals surface area contributed by atoms with Gasteiger partial charge in [-0.3, -0.25) is 9.59 Å². The van der Waals surface area contributed by atoms with Gasteiger partial charge in [-0.1, -0.05) is 44.2 Å². The molecule has 2 atom stereocenters.